The van der Waals surface area contributed by atoms with Gasteiger partial charge in [-0.2, -0.15) is 0 Å². The van der Waals surface area contributed by atoms with Crippen LogP contribution in [0.15, 0.2) is 66.7 Å². The van der Waals surface area contributed by atoms with Crippen molar-refractivity contribution in [2.45, 2.75) is 25.4 Å². The average molecular weight is 475 g/mol. The van der Waals surface area contributed by atoms with E-state index < -0.39 is 0 Å². The Kier molecular flexibility index (Phi) is 7.28. The van der Waals surface area contributed by atoms with Gasteiger partial charge in [-0.3, -0.25) is 9.69 Å². The highest BCUT2D eigenvalue weighted by Gasteiger charge is 2.22. The Bertz CT molecular complexity index is 1070. The monoisotopic (exact) mass is 474 g/mol. The maximum absolute atomic E-state index is 12.9. The number of carbonyl (C=O) groups is 1. The standard InChI is InChI=1S/C28H34N4OS/c1-30-17-19-32(20-18-30)25-9-7-23(8-10-25)26-11-12-27(34-26)28(33)29-24-13-15-31(16-14-24)21-22-5-3-2-4-6-22/h2-12,24H,13-21H2,1H3,(H,29,33). The highest BCUT2D eigenvalue weighted by molar-refractivity contribution is 7.17. The molecule has 2 fully saturated rings. The van der Waals surface area contributed by atoms with Crippen LogP contribution in [0.5, 0.6) is 0 Å². The number of nitrogens with one attached hydrogen (secondary N) is 1. The van der Waals surface area contributed by atoms with Crippen molar-refractivity contribution in [3.05, 3.63) is 77.2 Å². The van der Waals surface area contributed by atoms with Gasteiger partial charge in [0.1, 0.15) is 0 Å². The molecule has 0 spiro atoms. The lowest BCUT2D eigenvalue weighted by Gasteiger charge is -2.34. The number of hydrogen-bond donors (Lipinski definition) is 1. The summed E-state index contributed by atoms with van der Waals surface area (Å²) in [4.78, 5) is 22.1. The van der Waals surface area contributed by atoms with Crippen LogP contribution in [-0.2, 0) is 6.54 Å². The summed E-state index contributed by atoms with van der Waals surface area (Å²) < 4.78 is 0. The number of likely N-dealkylation sites (N-methyl/N-ethyl adjacent to an activating group) is 1. The maximum Gasteiger partial charge on any atom is 0.261 e. The van der Waals surface area contributed by atoms with Crippen LogP contribution in [0.25, 0.3) is 10.4 Å². The Labute approximate surface area is 207 Å². The number of piperazine rings is 1. The molecule has 5 nitrogen and oxygen atoms in total. The largest absolute Gasteiger partial charge is 0.369 e. The summed E-state index contributed by atoms with van der Waals surface area (Å²) in [6.45, 7) is 7.40. The molecule has 0 aliphatic carbocycles. The van der Waals surface area contributed by atoms with Gasteiger partial charge >= 0.3 is 0 Å². The topological polar surface area (TPSA) is 38.8 Å². The number of anilines is 1. The minimum absolute atomic E-state index is 0.0619. The Hall–Kier alpha value is -2.67. The first kappa shape index (κ1) is 23.1. The zero-order chi connectivity index (χ0) is 23.3. The summed E-state index contributed by atoms with van der Waals surface area (Å²) in [5, 5.41) is 3.27. The molecule has 2 aliphatic heterocycles. The Morgan fingerprint density at radius 3 is 2.29 bits per heavy atom. The third kappa shape index (κ3) is 5.69. The smallest absolute Gasteiger partial charge is 0.261 e. The minimum Gasteiger partial charge on any atom is -0.369 e. The lowest BCUT2D eigenvalue weighted by Crippen LogP contribution is -2.44. The number of thiophene rings is 1. The third-order valence-electron chi connectivity index (χ3n) is 7.02. The lowest BCUT2D eigenvalue weighted by atomic mass is 10.0. The van der Waals surface area contributed by atoms with E-state index in [-0.39, 0.29) is 11.9 Å². The van der Waals surface area contributed by atoms with Crippen LogP contribution in [0.2, 0.25) is 0 Å². The molecular formula is C28H34N4OS. The molecule has 34 heavy (non-hydrogen) atoms. The van der Waals surface area contributed by atoms with E-state index in [1.54, 1.807) is 11.3 Å². The van der Waals surface area contributed by atoms with Crippen molar-refractivity contribution in [3.8, 4) is 10.4 Å². The van der Waals surface area contributed by atoms with Crippen molar-refractivity contribution in [1.82, 2.24) is 15.1 Å². The Balaban J connectivity index is 1.12. The zero-order valence-electron chi connectivity index (χ0n) is 20.0. The summed E-state index contributed by atoms with van der Waals surface area (Å²) in [5.74, 6) is 0.0619. The first-order valence-electron chi connectivity index (χ1n) is 12.3. The number of rotatable bonds is 6. The van der Waals surface area contributed by atoms with Crippen molar-refractivity contribution in [3.63, 3.8) is 0 Å². The molecule has 0 bridgehead atoms. The van der Waals surface area contributed by atoms with Crippen LogP contribution in [-0.4, -0.2) is 68.1 Å². The molecule has 1 amide bonds. The second kappa shape index (κ2) is 10.7. The fourth-order valence-electron chi connectivity index (χ4n) is 4.85. The number of hydrogen-bond acceptors (Lipinski definition) is 5. The SMILES string of the molecule is CN1CCN(c2ccc(-c3ccc(C(=O)NC4CCN(Cc5ccccc5)CC4)s3)cc2)CC1. The number of piperidine rings is 1. The molecule has 1 aromatic heterocycles. The minimum atomic E-state index is 0.0619. The van der Waals surface area contributed by atoms with Crippen LogP contribution >= 0.6 is 11.3 Å². The zero-order valence-corrected chi connectivity index (χ0v) is 20.8. The molecule has 0 atom stereocenters. The van der Waals surface area contributed by atoms with Crippen LogP contribution in [0.3, 0.4) is 0 Å². The first-order chi connectivity index (χ1) is 16.6. The number of amides is 1. The van der Waals surface area contributed by atoms with E-state index in [1.165, 1.54) is 16.8 Å². The van der Waals surface area contributed by atoms with E-state index in [1.807, 2.05) is 6.07 Å². The van der Waals surface area contributed by atoms with Crippen molar-refractivity contribution in [2.75, 3.05) is 51.2 Å². The van der Waals surface area contributed by atoms with Gasteiger partial charge < -0.3 is 15.1 Å². The summed E-state index contributed by atoms with van der Waals surface area (Å²) in [6, 6.07) is 23.7. The van der Waals surface area contributed by atoms with Gasteiger partial charge in [-0.05, 0) is 55.3 Å². The third-order valence-corrected chi connectivity index (χ3v) is 8.15. The lowest BCUT2D eigenvalue weighted by molar-refractivity contribution is 0.0913. The molecule has 2 saturated heterocycles. The summed E-state index contributed by atoms with van der Waals surface area (Å²) >= 11 is 1.58. The van der Waals surface area contributed by atoms with Gasteiger partial charge in [0.05, 0.1) is 4.88 Å². The van der Waals surface area contributed by atoms with Crippen molar-refractivity contribution in [1.29, 1.82) is 0 Å². The Morgan fingerprint density at radius 1 is 0.882 bits per heavy atom. The van der Waals surface area contributed by atoms with Crippen molar-refractivity contribution >= 4 is 22.9 Å². The molecule has 2 aliphatic rings. The average Bonchev–Trinajstić information content (AvgIpc) is 3.37. The molecule has 1 N–H and O–H groups in total. The van der Waals surface area contributed by atoms with Crippen LogP contribution in [0.4, 0.5) is 5.69 Å². The molecule has 3 aromatic rings. The molecule has 0 saturated carbocycles. The van der Waals surface area contributed by atoms with Gasteiger partial charge in [0, 0.05) is 62.4 Å². The molecule has 178 valence electrons. The van der Waals surface area contributed by atoms with Crippen LogP contribution in [0, 0.1) is 0 Å². The van der Waals surface area contributed by atoms with E-state index in [9.17, 15) is 4.79 Å². The van der Waals surface area contributed by atoms with Gasteiger partial charge in [0.25, 0.3) is 5.91 Å². The number of nitrogens with zero attached hydrogens (tertiary/aromatic N) is 3. The van der Waals surface area contributed by atoms with E-state index in [4.69, 9.17) is 0 Å². The summed E-state index contributed by atoms with van der Waals surface area (Å²) in [7, 11) is 2.18. The fourth-order valence-corrected chi connectivity index (χ4v) is 5.76. The molecule has 2 aromatic carbocycles. The Morgan fingerprint density at radius 2 is 1.59 bits per heavy atom. The predicted octanol–water partition coefficient (Wildman–Crippen LogP) is 4.56. The molecule has 0 radical (unpaired) electrons. The van der Waals surface area contributed by atoms with Crippen LogP contribution < -0.4 is 10.2 Å². The van der Waals surface area contributed by atoms with E-state index >= 15 is 0 Å². The number of likely N-dealkylation sites (tertiary alicyclic amines) is 1. The van der Waals surface area contributed by atoms with E-state index in [0.717, 1.165) is 68.4 Å². The molecular weight excluding hydrogens is 440 g/mol. The van der Waals surface area contributed by atoms with Gasteiger partial charge in [-0.25, -0.2) is 0 Å². The van der Waals surface area contributed by atoms with E-state index in [2.05, 4.69) is 87.7 Å². The van der Waals surface area contributed by atoms with Crippen LogP contribution in [0.1, 0.15) is 28.1 Å². The molecule has 3 heterocycles. The normalized spacial score (nSPS) is 18.2. The first-order valence-corrected chi connectivity index (χ1v) is 13.2. The van der Waals surface area contributed by atoms with Gasteiger partial charge in [0.15, 0.2) is 0 Å². The maximum atomic E-state index is 12.9. The number of benzene rings is 2. The molecule has 5 rings (SSSR count). The van der Waals surface area contributed by atoms with E-state index in [0.29, 0.717) is 0 Å². The molecule has 0 unspecified atom stereocenters. The quantitative estimate of drug-likeness (QED) is 0.568. The van der Waals surface area contributed by atoms with Crippen molar-refractivity contribution in [2.24, 2.45) is 0 Å². The predicted molar refractivity (Wildman–Crippen MR) is 142 cm³/mol. The second-order valence-corrected chi connectivity index (χ2v) is 10.6. The number of carbonyl (C=O) groups excluding carboxylic acids is 1. The highest BCUT2D eigenvalue weighted by Crippen LogP contribution is 2.30. The van der Waals surface area contributed by atoms with Crippen molar-refractivity contribution < 1.29 is 4.79 Å². The van der Waals surface area contributed by atoms with Gasteiger partial charge in [0.2, 0.25) is 0 Å². The molecule has 6 heteroatoms. The second-order valence-electron chi connectivity index (χ2n) is 9.51. The summed E-state index contributed by atoms with van der Waals surface area (Å²) in [5.41, 5.74) is 3.81. The van der Waals surface area contributed by atoms with Gasteiger partial charge in [-0.1, -0.05) is 42.5 Å². The summed E-state index contributed by atoms with van der Waals surface area (Å²) in [6.07, 6.45) is 2.01. The highest BCUT2D eigenvalue weighted by atomic mass is 32.1. The van der Waals surface area contributed by atoms with Gasteiger partial charge in [-0.15, -0.1) is 11.3 Å². The fraction of sp³-hybridized carbons (Fsp3) is 0.393.